The topological polar surface area (TPSA) is 29.3 Å². The van der Waals surface area contributed by atoms with E-state index in [2.05, 4.69) is 0 Å². The Labute approximate surface area is 110 Å². The van der Waals surface area contributed by atoms with Gasteiger partial charge in [0.2, 0.25) is 0 Å². The molecule has 0 bridgehead atoms. The summed E-state index contributed by atoms with van der Waals surface area (Å²) in [7, 11) is 1.61. The van der Waals surface area contributed by atoms with E-state index in [0.717, 1.165) is 5.56 Å². The zero-order valence-electron chi connectivity index (χ0n) is 10.2. The van der Waals surface area contributed by atoms with Crippen molar-refractivity contribution in [3.05, 3.63) is 29.3 Å². The number of nitrogens with zero attached hydrogens (tertiary/aromatic N) is 1. The van der Waals surface area contributed by atoms with Gasteiger partial charge in [-0.25, -0.2) is 0 Å². The van der Waals surface area contributed by atoms with E-state index in [0.29, 0.717) is 11.3 Å². The van der Waals surface area contributed by atoms with Crippen LogP contribution in [0.15, 0.2) is 18.2 Å². The maximum Gasteiger partial charge on any atom is 0.390 e. The maximum absolute atomic E-state index is 12.2. The molecule has 0 fully saturated rings. The van der Waals surface area contributed by atoms with Gasteiger partial charge in [0.15, 0.2) is 0 Å². The first-order valence-corrected chi connectivity index (χ1v) is 5.80. The van der Waals surface area contributed by atoms with Crippen LogP contribution in [0.1, 0.15) is 17.5 Å². The largest absolute Gasteiger partial charge is 0.390 e. The van der Waals surface area contributed by atoms with Crippen molar-refractivity contribution in [3.8, 4) is 0 Å². The van der Waals surface area contributed by atoms with Gasteiger partial charge in [-0.05, 0) is 18.6 Å². The lowest BCUT2D eigenvalue weighted by molar-refractivity contribution is -0.132. The predicted octanol–water partition coefficient (Wildman–Crippen LogP) is 3.02. The lowest BCUT2D eigenvalue weighted by Crippen LogP contribution is -2.27. The second kappa shape index (κ2) is 5.56. The molecule has 0 atom stereocenters. The molecule has 0 saturated heterocycles. The molecule has 1 aromatic carbocycles. The number of aryl methyl sites for hydroxylation is 1. The van der Waals surface area contributed by atoms with Crippen molar-refractivity contribution < 1.29 is 13.2 Å². The molecule has 100 valence electrons. The summed E-state index contributed by atoms with van der Waals surface area (Å²) in [6.45, 7) is 1.70. The van der Waals surface area contributed by atoms with Gasteiger partial charge >= 0.3 is 6.18 Å². The number of thiocarbonyl (C=S) groups is 1. The Morgan fingerprint density at radius 1 is 1.39 bits per heavy atom. The fourth-order valence-corrected chi connectivity index (χ4v) is 1.94. The number of nitrogens with two attached hydrogens (primary N) is 1. The Balaban J connectivity index is 2.97. The molecule has 0 aliphatic rings. The number of anilines is 1. The van der Waals surface area contributed by atoms with Crippen LogP contribution >= 0.6 is 12.2 Å². The van der Waals surface area contributed by atoms with E-state index in [1.165, 1.54) is 4.90 Å². The lowest BCUT2D eigenvalue weighted by atomic mass is 10.1. The molecule has 0 aliphatic carbocycles. The first kappa shape index (κ1) is 14.8. The van der Waals surface area contributed by atoms with Crippen LogP contribution in [0.4, 0.5) is 18.9 Å². The molecule has 0 spiro atoms. The smallest absolute Gasteiger partial charge is 0.389 e. The first-order chi connectivity index (χ1) is 8.22. The second-order valence-electron chi connectivity index (χ2n) is 4.12. The Kier molecular flexibility index (Phi) is 4.56. The van der Waals surface area contributed by atoms with Crippen LogP contribution in [0.25, 0.3) is 0 Å². The Bertz CT molecular complexity index is 443. The molecule has 0 unspecified atom stereocenters. The van der Waals surface area contributed by atoms with Gasteiger partial charge in [0, 0.05) is 24.8 Å². The average Bonchev–Trinajstić information content (AvgIpc) is 2.24. The highest BCUT2D eigenvalue weighted by molar-refractivity contribution is 7.80. The average molecular weight is 276 g/mol. The number of hydrogen-bond acceptors (Lipinski definition) is 2. The molecular weight excluding hydrogens is 261 g/mol. The van der Waals surface area contributed by atoms with Crippen molar-refractivity contribution in [1.82, 2.24) is 0 Å². The number of halogens is 3. The minimum absolute atomic E-state index is 0.121. The highest BCUT2D eigenvalue weighted by Gasteiger charge is 2.27. The predicted molar refractivity (Wildman–Crippen MR) is 71.0 cm³/mol. The van der Waals surface area contributed by atoms with Crippen LogP contribution in [0.3, 0.4) is 0 Å². The third-order valence-corrected chi connectivity index (χ3v) is 2.84. The van der Waals surface area contributed by atoms with Crippen molar-refractivity contribution in [1.29, 1.82) is 0 Å². The van der Waals surface area contributed by atoms with Gasteiger partial charge < -0.3 is 10.6 Å². The molecular formula is C12H15F3N2S. The maximum atomic E-state index is 12.2. The Morgan fingerprint density at radius 3 is 2.50 bits per heavy atom. The lowest BCUT2D eigenvalue weighted by Gasteiger charge is -2.24. The third kappa shape index (κ3) is 3.87. The van der Waals surface area contributed by atoms with E-state index in [9.17, 15) is 13.2 Å². The van der Waals surface area contributed by atoms with Gasteiger partial charge in [-0.15, -0.1) is 0 Å². The van der Waals surface area contributed by atoms with E-state index < -0.39 is 12.6 Å². The molecule has 0 aliphatic heterocycles. The molecule has 6 heteroatoms. The fraction of sp³-hybridized carbons (Fsp3) is 0.417. The van der Waals surface area contributed by atoms with Crippen LogP contribution in [-0.2, 0) is 0 Å². The van der Waals surface area contributed by atoms with Crippen LogP contribution < -0.4 is 10.6 Å². The van der Waals surface area contributed by atoms with Crippen LogP contribution in [0, 0.1) is 6.92 Å². The molecule has 1 rings (SSSR count). The molecule has 0 heterocycles. The van der Waals surface area contributed by atoms with Gasteiger partial charge in [-0.3, -0.25) is 0 Å². The van der Waals surface area contributed by atoms with E-state index in [1.807, 2.05) is 13.0 Å². The van der Waals surface area contributed by atoms with Crippen LogP contribution in [0.2, 0.25) is 0 Å². The number of para-hydroxylation sites is 1. The first-order valence-electron chi connectivity index (χ1n) is 5.39. The molecule has 18 heavy (non-hydrogen) atoms. The fourth-order valence-electron chi connectivity index (χ4n) is 1.77. The summed E-state index contributed by atoms with van der Waals surface area (Å²) in [5.41, 5.74) is 7.71. The number of alkyl halides is 3. The second-order valence-corrected chi connectivity index (χ2v) is 4.56. The highest BCUT2D eigenvalue weighted by Crippen LogP contribution is 2.26. The van der Waals surface area contributed by atoms with Crippen molar-refractivity contribution in [2.45, 2.75) is 19.5 Å². The van der Waals surface area contributed by atoms with Crippen LogP contribution in [-0.4, -0.2) is 24.8 Å². The zero-order chi connectivity index (χ0) is 13.9. The van der Waals surface area contributed by atoms with Crippen molar-refractivity contribution in [2.75, 3.05) is 18.5 Å². The number of rotatable bonds is 4. The summed E-state index contributed by atoms with van der Waals surface area (Å²) in [6.07, 6.45) is -5.03. The highest BCUT2D eigenvalue weighted by atomic mass is 32.1. The number of hydrogen-bond donors (Lipinski definition) is 1. The monoisotopic (exact) mass is 276 g/mol. The van der Waals surface area contributed by atoms with Gasteiger partial charge in [0.1, 0.15) is 4.99 Å². The molecule has 0 saturated carbocycles. The summed E-state index contributed by atoms with van der Waals surface area (Å²) in [5.74, 6) is 0. The van der Waals surface area contributed by atoms with Crippen molar-refractivity contribution in [3.63, 3.8) is 0 Å². The van der Waals surface area contributed by atoms with Gasteiger partial charge in [-0.1, -0.05) is 24.4 Å². The third-order valence-electron chi connectivity index (χ3n) is 2.62. The van der Waals surface area contributed by atoms with Crippen molar-refractivity contribution >= 4 is 22.9 Å². The van der Waals surface area contributed by atoms with Gasteiger partial charge in [0.05, 0.1) is 6.42 Å². The van der Waals surface area contributed by atoms with Crippen LogP contribution in [0.5, 0.6) is 0 Å². The van der Waals surface area contributed by atoms with E-state index >= 15 is 0 Å². The molecule has 2 nitrogen and oxygen atoms in total. The van der Waals surface area contributed by atoms with Gasteiger partial charge in [-0.2, -0.15) is 13.2 Å². The Morgan fingerprint density at radius 2 is 2.00 bits per heavy atom. The normalized spacial score (nSPS) is 11.4. The minimum atomic E-state index is -4.17. The quantitative estimate of drug-likeness (QED) is 0.857. The number of benzene rings is 1. The van der Waals surface area contributed by atoms with E-state index in [4.69, 9.17) is 18.0 Å². The summed E-state index contributed by atoms with van der Waals surface area (Å²) in [6, 6.07) is 5.32. The summed E-state index contributed by atoms with van der Waals surface area (Å²) < 4.78 is 36.6. The van der Waals surface area contributed by atoms with Crippen molar-refractivity contribution in [2.24, 2.45) is 5.73 Å². The van der Waals surface area contributed by atoms with E-state index in [-0.39, 0.29) is 11.5 Å². The van der Waals surface area contributed by atoms with Gasteiger partial charge in [0.25, 0.3) is 0 Å². The molecule has 1 aromatic rings. The summed E-state index contributed by atoms with van der Waals surface area (Å²) in [4.78, 5) is 1.73. The summed E-state index contributed by atoms with van der Waals surface area (Å²) >= 11 is 4.91. The zero-order valence-corrected chi connectivity index (χ0v) is 11.0. The minimum Gasteiger partial charge on any atom is -0.389 e. The molecule has 0 aromatic heterocycles. The standard InChI is InChI=1S/C12H15F3N2S/c1-8-4-3-5-9(11(16)18)10(8)17(2)7-6-12(13,14)15/h3-5H,6-7H2,1-2H3,(H2,16,18). The molecule has 0 amide bonds. The SMILES string of the molecule is Cc1cccc(C(N)=S)c1N(C)CCC(F)(F)F. The Hall–Kier alpha value is -1.30. The molecule has 2 N–H and O–H groups in total. The van der Waals surface area contributed by atoms with E-state index in [1.54, 1.807) is 19.2 Å². The molecule has 0 radical (unpaired) electrons. The summed E-state index contributed by atoms with van der Waals surface area (Å²) in [5, 5.41) is 0.